The molecule has 0 aliphatic carbocycles. The van der Waals surface area contributed by atoms with Crippen molar-refractivity contribution < 1.29 is 5.11 Å². The SMILES string of the molecule is OCCCCCCCCCCCCCC#Cc1ccc2ccccc2n1. The molecule has 2 aromatic rings. The maximum atomic E-state index is 8.73. The molecule has 1 aromatic heterocycles. The molecule has 1 heterocycles. The van der Waals surface area contributed by atoms with Crippen molar-refractivity contribution >= 4 is 10.9 Å². The number of para-hydroxylation sites is 1. The lowest BCUT2D eigenvalue weighted by Gasteiger charge is -2.01. The number of rotatable bonds is 12. The lowest BCUT2D eigenvalue weighted by atomic mass is 10.1. The summed E-state index contributed by atoms with van der Waals surface area (Å²) in [5, 5.41) is 9.90. The van der Waals surface area contributed by atoms with E-state index in [1.807, 2.05) is 24.3 Å². The van der Waals surface area contributed by atoms with Gasteiger partial charge in [-0.25, -0.2) is 4.98 Å². The van der Waals surface area contributed by atoms with Gasteiger partial charge in [-0.15, -0.1) is 0 Å². The summed E-state index contributed by atoms with van der Waals surface area (Å²) >= 11 is 0. The monoisotopic (exact) mass is 351 g/mol. The second-order valence-corrected chi connectivity index (χ2v) is 7.05. The van der Waals surface area contributed by atoms with Crippen LogP contribution in [-0.4, -0.2) is 16.7 Å². The molecule has 2 rings (SSSR count). The molecule has 0 aliphatic heterocycles. The minimum atomic E-state index is 0.350. The van der Waals surface area contributed by atoms with Gasteiger partial charge in [-0.05, 0) is 30.9 Å². The van der Waals surface area contributed by atoms with Crippen molar-refractivity contribution in [2.75, 3.05) is 6.61 Å². The molecule has 1 N–H and O–H groups in total. The van der Waals surface area contributed by atoms with Crippen molar-refractivity contribution in [2.45, 2.75) is 77.0 Å². The zero-order valence-electron chi connectivity index (χ0n) is 16.1. The number of fused-ring (bicyclic) bond motifs is 1. The molecular weight excluding hydrogens is 318 g/mol. The molecule has 2 heteroatoms. The average Bonchev–Trinajstić information content (AvgIpc) is 2.68. The molecule has 1 aromatic carbocycles. The summed E-state index contributed by atoms with van der Waals surface area (Å²) < 4.78 is 0. The zero-order valence-corrected chi connectivity index (χ0v) is 16.1. The summed E-state index contributed by atoms with van der Waals surface area (Å²) in [6, 6.07) is 12.3. The molecule has 0 atom stereocenters. The second kappa shape index (κ2) is 13.4. The van der Waals surface area contributed by atoms with Crippen molar-refractivity contribution in [3.05, 3.63) is 42.1 Å². The Morgan fingerprint density at radius 3 is 2.00 bits per heavy atom. The first-order chi connectivity index (χ1) is 12.9. The van der Waals surface area contributed by atoms with Crippen molar-refractivity contribution in [1.82, 2.24) is 4.98 Å². The predicted molar refractivity (Wildman–Crippen MR) is 111 cm³/mol. The van der Waals surface area contributed by atoms with Crippen molar-refractivity contribution in [3.8, 4) is 11.8 Å². The number of hydrogen-bond donors (Lipinski definition) is 1. The zero-order chi connectivity index (χ0) is 18.3. The van der Waals surface area contributed by atoms with E-state index in [1.54, 1.807) is 0 Å². The molecule has 0 spiro atoms. The molecule has 0 fully saturated rings. The van der Waals surface area contributed by atoms with Gasteiger partial charge in [0.05, 0.1) is 5.52 Å². The maximum Gasteiger partial charge on any atom is 0.113 e. The second-order valence-electron chi connectivity index (χ2n) is 7.05. The fourth-order valence-electron chi connectivity index (χ4n) is 3.20. The molecule has 26 heavy (non-hydrogen) atoms. The van der Waals surface area contributed by atoms with Crippen LogP contribution in [-0.2, 0) is 0 Å². The Kier molecular flexibility index (Phi) is 10.5. The standard InChI is InChI=1S/C24H33NO/c26-21-15-11-9-7-5-3-1-2-4-6-8-10-12-17-23-20-19-22-16-13-14-18-24(22)25-23/h13-14,16,18-20,26H,1-11,15,21H2. The number of aliphatic hydroxyl groups excluding tert-OH is 1. The maximum absolute atomic E-state index is 8.73. The molecule has 2 nitrogen and oxygen atoms in total. The number of pyridine rings is 1. The van der Waals surface area contributed by atoms with Crippen LogP contribution in [0, 0.1) is 11.8 Å². The highest BCUT2D eigenvalue weighted by molar-refractivity contribution is 5.78. The van der Waals surface area contributed by atoms with Crippen LogP contribution in [0.1, 0.15) is 82.7 Å². The molecule has 0 amide bonds. The summed E-state index contributed by atoms with van der Waals surface area (Å²) in [6.45, 7) is 0.350. The Balaban J connectivity index is 1.47. The molecule has 0 unspecified atom stereocenters. The van der Waals surface area contributed by atoms with E-state index in [4.69, 9.17) is 5.11 Å². The van der Waals surface area contributed by atoms with Crippen LogP contribution in [0.2, 0.25) is 0 Å². The van der Waals surface area contributed by atoms with E-state index in [-0.39, 0.29) is 0 Å². The predicted octanol–water partition coefficient (Wildman–Crippen LogP) is 6.26. The smallest absolute Gasteiger partial charge is 0.113 e. The van der Waals surface area contributed by atoms with Crippen molar-refractivity contribution in [3.63, 3.8) is 0 Å². The number of benzene rings is 1. The normalized spacial score (nSPS) is 10.7. The van der Waals surface area contributed by atoms with Gasteiger partial charge in [0.1, 0.15) is 5.69 Å². The highest BCUT2D eigenvalue weighted by atomic mass is 16.2. The van der Waals surface area contributed by atoms with E-state index in [9.17, 15) is 0 Å². The molecule has 0 saturated carbocycles. The molecule has 0 radical (unpaired) electrons. The van der Waals surface area contributed by atoms with E-state index < -0.39 is 0 Å². The third-order valence-electron chi connectivity index (χ3n) is 4.77. The van der Waals surface area contributed by atoms with Gasteiger partial charge >= 0.3 is 0 Å². The lowest BCUT2D eigenvalue weighted by Crippen LogP contribution is -1.85. The minimum absolute atomic E-state index is 0.350. The first kappa shape index (κ1) is 20.5. The van der Waals surface area contributed by atoms with Gasteiger partial charge in [0.2, 0.25) is 0 Å². The Labute approximate surface area is 159 Å². The highest BCUT2D eigenvalue weighted by Gasteiger charge is 1.95. The molecule has 0 bridgehead atoms. The number of unbranched alkanes of at least 4 members (excludes halogenated alkanes) is 11. The molecule has 140 valence electrons. The Morgan fingerprint density at radius 2 is 1.31 bits per heavy atom. The van der Waals surface area contributed by atoms with Gasteiger partial charge in [-0.1, -0.05) is 88.0 Å². The third kappa shape index (κ3) is 8.50. The topological polar surface area (TPSA) is 33.1 Å². The van der Waals surface area contributed by atoms with E-state index in [0.717, 1.165) is 24.1 Å². The van der Waals surface area contributed by atoms with Gasteiger partial charge in [-0.3, -0.25) is 0 Å². The molecular formula is C24H33NO. The van der Waals surface area contributed by atoms with Gasteiger partial charge in [-0.2, -0.15) is 0 Å². The highest BCUT2D eigenvalue weighted by Crippen LogP contribution is 2.13. The first-order valence-corrected chi connectivity index (χ1v) is 10.4. The van der Waals surface area contributed by atoms with Gasteiger partial charge < -0.3 is 5.11 Å². The van der Waals surface area contributed by atoms with E-state index in [2.05, 4.69) is 29.0 Å². The van der Waals surface area contributed by atoms with Crippen LogP contribution < -0.4 is 0 Å². The number of nitrogens with zero attached hydrogens (tertiary/aromatic N) is 1. The summed E-state index contributed by atoms with van der Waals surface area (Å²) in [6.07, 6.45) is 15.0. The van der Waals surface area contributed by atoms with Crippen LogP contribution in [0.4, 0.5) is 0 Å². The van der Waals surface area contributed by atoms with Crippen LogP contribution in [0.3, 0.4) is 0 Å². The number of aliphatic hydroxyl groups is 1. The van der Waals surface area contributed by atoms with Crippen molar-refractivity contribution in [2.24, 2.45) is 0 Å². The summed E-state index contributed by atoms with van der Waals surface area (Å²) in [4.78, 5) is 4.59. The Morgan fingerprint density at radius 1 is 0.692 bits per heavy atom. The average molecular weight is 352 g/mol. The fourth-order valence-corrected chi connectivity index (χ4v) is 3.20. The van der Waals surface area contributed by atoms with Crippen LogP contribution >= 0.6 is 0 Å². The van der Waals surface area contributed by atoms with Crippen molar-refractivity contribution in [1.29, 1.82) is 0 Å². The van der Waals surface area contributed by atoms with Gasteiger partial charge in [0, 0.05) is 18.4 Å². The number of aromatic nitrogens is 1. The lowest BCUT2D eigenvalue weighted by molar-refractivity contribution is 0.282. The molecule has 0 saturated heterocycles. The Bertz CT molecular complexity index is 683. The third-order valence-corrected chi connectivity index (χ3v) is 4.77. The van der Waals surface area contributed by atoms with Crippen LogP contribution in [0.15, 0.2) is 36.4 Å². The first-order valence-electron chi connectivity index (χ1n) is 10.4. The van der Waals surface area contributed by atoms with E-state index in [0.29, 0.717) is 6.61 Å². The summed E-state index contributed by atoms with van der Waals surface area (Å²) in [7, 11) is 0. The van der Waals surface area contributed by atoms with Crippen LogP contribution in [0.5, 0.6) is 0 Å². The quantitative estimate of drug-likeness (QED) is 0.361. The largest absolute Gasteiger partial charge is 0.396 e. The van der Waals surface area contributed by atoms with Crippen LogP contribution in [0.25, 0.3) is 10.9 Å². The number of hydrogen-bond acceptors (Lipinski definition) is 2. The van der Waals surface area contributed by atoms with E-state index in [1.165, 1.54) is 69.6 Å². The van der Waals surface area contributed by atoms with Gasteiger partial charge in [0.15, 0.2) is 0 Å². The van der Waals surface area contributed by atoms with Gasteiger partial charge in [0.25, 0.3) is 0 Å². The van der Waals surface area contributed by atoms with E-state index >= 15 is 0 Å². The summed E-state index contributed by atoms with van der Waals surface area (Å²) in [5.74, 6) is 6.47. The molecule has 0 aliphatic rings. The minimum Gasteiger partial charge on any atom is -0.396 e. The fraction of sp³-hybridized carbons (Fsp3) is 0.542. The summed E-state index contributed by atoms with van der Waals surface area (Å²) in [5.41, 5.74) is 1.90. The Hall–Kier alpha value is -1.85.